The van der Waals surface area contributed by atoms with Crippen molar-refractivity contribution in [2.75, 3.05) is 20.2 Å². The molecule has 0 amide bonds. The zero-order chi connectivity index (χ0) is 20.0. The van der Waals surface area contributed by atoms with Crippen molar-refractivity contribution in [2.45, 2.75) is 61.2 Å². The highest BCUT2D eigenvalue weighted by Gasteiger charge is 2.79. The van der Waals surface area contributed by atoms with E-state index in [1.54, 1.807) is 19.2 Å². The Balaban J connectivity index is 1.52. The second kappa shape index (κ2) is 5.61. The minimum absolute atomic E-state index is 0.183. The number of aliphatic hydroxyl groups is 1. The van der Waals surface area contributed by atoms with Crippen LogP contribution in [0.1, 0.15) is 54.4 Å². The molecule has 0 radical (unpaired) electrons. The molecule has 1 aromatic carbocycles. The van der Waals surface area contributed by atoms with Gasteiger partial charge in [0.25, 0.3) is 0 Å². The highest BCUT2D eigenvalue weighted by molar-refractivity contribution is 5.85. The van der Waals surface area contributed by atoms with Crippen LogP contribution in [0.3, 0.4) is 0 Å². The molecule has 154 valence electrons. The lowest BCUT2D eigenvalue weighted by molar-refractivity contribution is -0.251. The number of hydrogen-bond acceptors (Lipinski definition) is 6. The number of hydrogen-bond donors (Lipinski definition) is 1. The number of nitrogens with zero attached hydrogens (tertiary/aromatic N) is 1. The van der Waals surface area contributed by atoms with Crippen LogP contribution in [0.5, 0.6) is 5.75 Å². The molecule has 3 saturated heterocycles. The van der Waals surface area contributed by atoms with Gasteiger partial charge in [-0.25, -0.2) is 4.79 Å². The van der Waals surface area contributed by atoms with Crippen molar-refractivity contribution in [3.05, 3.63) is 29.3 Å². The van der Waals surface area contributed by atoms with E-state index in [-0.39, 0.29) is 6.04 Å². The van der Waals surface area contributed by atoms with Crippen LogP contribution < -0.4 is 4.74 Å². The molecule has 6 aliphatic rings. The summed E-state index contributed by atoms with van der Waals surface area (Å²) in [4.78, 5) is 27.3. The monoisotopic (exact) mass is 397 g/mol. The lowest BCUT2D eigenvalue weighted by Crippen LogP contribution is -2.75. The Morgan fingerprint density at radius 3 is 2.86 bits per heavy atom. The molecule has 0 aromatic heterocycles. The van der Waals surface area contributed by atoms with Gasteiger partial charge in [-0.05, 0) is 67.7 Å². The van der Waals surface area contributed by atoms with Gasteiger partial charge in [0.2, 0.25) is 0 Å². The van der Waals surface area contributed by atoms with Gasteiger partial charge in [-0.3, -0.25) is 9.69 Å². The van der Waals surface area contributed by atoms with E-state index in [1.165, 1.54) is 12.8 Å². The lowest BCUT2D eigenvalue weighted by atomic mass is 9.54. The fourth-order valence-corrected chi connectivity index (χ4v) is 7.10. The minimum Gasteiger partial charge on any atom is -0.497 e. The Labute approximate surface area is 170 Å². The van der Waals surface area contributed by atoms with Gasteiger partial charge >= 0.3 is 5.97 Å². The third-order valence-electron chi connectivity index (χ3n) is 8.46. The Morgan fingerprint density at radius 2 is 2.17 bits per heavy atom. The van der Waals surface area contributed by atoms with Gasteiger partial charge in [0, 0.05) is 30.5 Å². The van der Waals surface area contributed by atoms with E-state index in [9.17, 15) is 14.7 Å². The summed E-state index contributed by atoms with van der Waals surface area (Å²) in [5, 5.41) is 11.2. The molecule has 3 aliphatic heterocycles. The first kappa shape index (κ1) is 17.9. The number of ether oxygens (including phenoxy) is 2. The van der Waals surface area contributed by atoms with Crippen LogP contribution in [0.15, 0.2) is 18.2 Å². The maximum atomic E-state index is 12.8. The molecule has 6 heteroatoms. The number of aldehydes is 1. The number of carbonyl (C=O) groups is 2. The second-order valence-corrected chi connectivity index (χ2v) is 9.95. The van der Waals surface area contributed by atoms with Crippen LogP contribution in [-0.4, -0.2) is 59.7 Å². The largest absolute Gasteiger partial charge is 0.497 e. The Bertz CT molecular complexity index is 913. The maximum absolute atomic E-state index is 12.8. The summed E-state index contributed by atoms with van der Waals surface area (Å²) < 4.78 is 11.7. The quantitative estimate of drug-likeness (QED) is 0.606. The predicted octanol–water partition coefficient (Wildman–Crippen LogP) is 2.07. The molecule has 1 aromatic rings. The summed E-state index contributed by atoms with van der Waals surface area (Å²) in [6.45, 7) is 2.08. The average molecular weight is 397 g/mol. The number of benzene rings is 1. The topological polar surface area (TPSA) is 76.1 Å². The van der Waals surface area contributed by atoms with E-state index in [1.807, 2.05) is 6.07 Å². The van der Waals surface area contributed by atoms with Crippen LogP contribution in [0.2, 0.25) is 0 Å². The number of fused-ring (bicyclic) bond motifs is 3. The number of rotatable bonds is 5. The van der Waals surface area contributed by atoms with E-state index < -0.39 is 22.6 Å². The second-order valence-electron chi connectivity index (χ2n) is 9.95. The molecule has 5 unspecified atom stereocenters. The third kappa shape index (κ3) is 2.14. The van der Waals surface area contributed by atoms with Crippen molar-refractivity contribution in [1.29, 1.82) is 0 Å². The first-order chi connectivity index (χ1) is 13.9. The van der Waals surface area contributed by atoms with Crippen molar-refractivity contribution in [3.63, 3.8) is 0 Å². The van der Waals surface area contributed by atoms with Crippen LogP contribution in [0.4, 0.5) is 0 Å². The molecule has 3 saturated carbocycles. The maximum Gasteiger partial charge on any atom is 0.338 e. The van der Waals surface area contributed by atoms with Crippen molar-refractivity contribution in [1.82, 2.24) is 4.90 Å². The van der Waals surface area contributed by atoms with E-state index in [0.717, 1.165) is 37.3 Å². The third-order valence-corrected chi connectivity index (χ3v) is 8.46. The summed E-state index contributed by atoms with van der Waals surface area (Å²) in [5.41, 5.74) is -1.20. The Kier molecular flexibility index (Phi) is 3.46. The standard InChI is InChI=1S/C23H27NO5/c1-28-17-5-4-15(12-25)18(8-17)21-9-16-11-24(10-14-2-3-14)19(16)23(21)7-6-22(27,13-21)20(26)29-23/h4-5,8,12,14,16,19,27H,2-3,6-7,9-11,13H2,1H3. The van der Waals surface area contributed by atoms with Gasteiger partial charge in [-0.2, -0.15) is 0 Å². The molecule has 3 aliphatic carbocycles. The summed E-state index contributed by atoms with van der Waals surface area (Å²) in [6, 6.07) is 5.70. The van der Waals surface area contributed by atoms with Crippen molar-refractivity contribution in [2.24, 2.45) is 11.8 Å². The Hall–Kier alpha value is -1.92. The zero-order valence-corrected chi connectivity index (χ0v) is 16.7. The highest BCUT2D eigenvalue weighted by atomic mass is 16.6. The predicted molar refractivity (Wildman–Crippen MR) is 104 cm³/mol. The molecule has 5 atom stereocenters. The van der Waals surface area contributed by atoms with Gasteiger partial charge in [0.15, 0.2) is 5.60 Å². The Morgan fingerprint density at radius 1 is 1.34 bits per heavy atom. The van der Waals surface area contributed by atoms with E-state index in [4.69, 9.17) is 9.47 Å². The summed E-state index contributed by atoms with van der Waals surface area (Å²) >= 11 is 0. The number of methoxy groups -OCH3 is 1. The van der Waals surface area contributed by atoms with E-state index in [2.05, 4.69) is 4.90 Å². The van der Waals surface area contributed by atoms with Crippen LogP contribution in [0, 0.1) is 11.8 Å². The molecule has 6 nitrogen and oxygen atoms in total. The highest BCUT2D eigenvalue weighted by Crippen LogP contribution is 2.69. The smallest absolute Gasteiger partial charge is 0.338 e. The van der Waals surface area contributed by atoms with Gasteiger partial charge < -0.3 is 14.6 Å². The summed E-state index contributed by atoms with van der Waals surface area (Å²) in [7, 11) is 1.61. The van der Waals surface area contributed by atoms with Crippen molar-refractivity contribution in [3.8, 4) is 5.75 Å². The first-order valence-electron chi connectivity index (χ1n) is 10.8. The average Bonchev–Trinajstić information content (AvgIpc) is 3.49. The molecule has 29 heavy (non-hydrogen) atoms. The number of likely N-dealkylation sites (tertiary alicyclic amines) is 1. The molecular formula is C23H27NO5. The number of esters is 1. The van der Waals surface area contributed by atoms with Gasteiger partial charge in [0.1, 0.15) is 17.6 Å². The molecule has 2 bridgehead atoms. The molecule has 3 heterocycles. The van der Waals surface area contributed by atoms with Gasteiger partial charge in [-0.15, -0.1) is 0 Å². The van der Waals surface area contributed by atoms with Gasteiger partial charge in [0.05, 0.1) is 13.2 Å². The fraction of sp³-hybridized carbons (Fsp3) is 0.652. The zero-order valence-electron chi connectivity index (χ0n) is 16.7. The molecule has 7 rings (SSSR count). The first-order valence-corrected chi connectivity index (χ1v) is 10.8. The molecular weight excluding hydrogens is 370 g/mol. The fourth-order valence-electron chi connectivity index (χ4n) is 7.10. The number of carbonyl (C=O) groups excluding carboxylic acids is 2. The van der Waals surface area contributed by atoms with Crippen LogP contribution >= 0.6 is 0 Å². The van der Waals surface area contributed by atoms with E-state index >= 15 is 0 Å². The van der Waals surface area contributed by atoms with Crippen LogP contribution in [0.25, 0.3) is 0 Å². The van der Waals surface area contributed by atoms with Gasteiger partial charge in [-0.1, -0.05) is 0 Å². The summed E-state index contributed by atoms with van der Waals surface area (Å²) in [5.74, 6) is 1.40. The summed E-state index contributed by atoms with van der Waals surface area (Å²) in [6.07, 6.45) is 5.71. The minimum atomic E-state index is -1.46. The lowest BCUT2D eigenvalue weighted by Gasteiger charge is -2.62. The van der Waals surface area contributed by atoms with Crippen LogP contribution in [-0.2, 0) is 14.9 Å². The molecule has 6 fully saturated rings. The molecule has 1 spiro atoms. The normalized spacial score (nSPS) is 42.6. The molecule has 1 N–H and O–H groups in total. The van der Waals surface area contributed by atoms with Crippen molar-refractivity contribution >= 4 is 12.3 Å². The van der Waals surface area contributed by atoms with E-state index in [0.29, 0.717) is 36.5 Å². The van der Waals surface area contributed by atoms with Crippen molar-refractivity contribution < 1.29 is 24.2 Å². The SMILES string of the molecule is COc1ccc(C=O)c(C23CC4CN(CC5CC5)C4C24CCC(O)(C3)C(=O)O4)c1.